The van der Waals surface area contributed by atoms with Gasteiger partial charge in [-0.05, 0) is 55.0 Å². The molecule has 3 aromatic carbocycles. The van der Waals surface area contributed by atoms with Crippen molar-refractivity contribution in [3.05, 3.63) is 88.5 Å². The third-order valence-electron chi connectivity index (χ3n) is 5.47. The van der Waals surface area contributed by atoms with Crippen molar-refractivity contribution in [2.45, 2.75) is 13.0 Å². The maximum atomic E-state index is 13.3. The second-order valence-electron chi connectivity index (χ2n) is 7.54. The van der Waals surface area contributed by atoms with Gasteiger partial charge < -0.3 is 19.7 Å². The molecule has 0 spiro atoms. The maximum absolute atomic E-state index is 13.3. The third kappa shape index (κ3) is 4.18. The summed E-state index contributed by atoms with van der Waals surface area (Å²) in [5.74, 6) is -1.27. The van der Waals surface area contributed by atoms with Crippen LogP contribution in [-0.2, 0) is 9.59 Å². The standard InChI is InChI=1S/C26H22ClNO6/c1-3-34-19-10-11-21(27)20(14-19)24(30)22-23(15-6-4-8-17(29)12-15)28(26(32)25(22)31)16-7-5-9-18(13-16)33-2/h4-14,23,29-30H,3H2,1-2H3/b24-22+. The number of Topliss-reactive ketones (excluding diaryl/α,β-unsaturated/α-hetero) is 1. The molecule has 34 heavy (non-hydrogen) atoms. The van der Waals surface area contributed by atoms with Crippen LogP contribution >= 0.6 is 11.6 Å². The van der Waals surface area contributed by atoms with E-state index in [0.29, 0.717) is 29.4 Å². The van der Waals surface area contributed by atoms with Crippen LogP contribution in [0.25, 0.3) is 5.76 Å². The van der Waals surface area contributed by atoms with Gasteiger partial charge in [0.25, 0.3) is 11.7 Å². The topological polar surface area (TPSA) is 96.3 Å². The summed E-state index contributed by atoms with van der Waals surface area (Å²) in [5.41, 5.74) is 0.819. The zero-order valence-corrected chi connectivity index (χ0v) is 19.2. The molecule has 0 bridgehead atoms. The number of halogens is 1. The predicted octanol–water partition coefficient (Wildman–Crippen LogP) is 5.08. The van der Waals surface area contributed by atoms with Crippen LogP contribution in [0.4, 0.5) is 5.69 Å². The molecular formula is C26H22ClNO6. The highest BCUT2D eigenvalue weighted by Crippen LogP contribution is 2.44. The van der Waals surface area contributed by atoms with E-state index >= 15 is 0 Å². The van der Waals surface area contributed by atoms with Gasteiger partial charge in [-0.15, -0.1) is 0 Å². The molecule has 7 nitrogen and oxygen atoms in total. The number of nitrogens with zero attached hydrogens (tertiary/aromatic N) is 1. The van der Waals surface area contributed by atoms with Crippen LogP contribution < -0.4 is 14.4 Å². The van der Waals surface area contributed by atoms with Crippen LogP contribution in [-0.4, -0.2) is 35.6 Å². The number of carbonyl (C=O) groups excluding carboxylic acids is 2. The quantitative estimate of drug-likeness (QED) is 0.291. The van der Waals surface area contributed by atoms with E-state index in [9.17, 15) is 19.8 Å². The predicted molar refractivity (Wildman–Crippen MR) is 129 cm³/mol. The smallest absolute Gasteiger partial charge is 0.300 e. The van der Waals surface area contributed by atoms with Gasteiger partial charge in [-0.1, -0.05) is 29.8 Å². The van der Waals surface area contributed by atoms with Crippen LogP contribution in [0.15, 0.2) is 72.3 Å². The number of methoxy groups -OCH3 is 1. The molecule has 0 saturated carbocycles. The second kappa shape index (κ2) is 9.49. The van der Waals surface area contributed by atoms with Gasteiger partial charge >= 0.3 is 0 Å². The Hall–Kier alpha value is -3.97. The number of anilines is 1. The number of hydrogen-bond acceptors (Lipinski definition) is 6. The number of ether oxygens (including phenoxy) is 2. The molecule has 8 heteroatoms. The van der Waals surface area contributed by atoms with E-state index in [-0.39, 0.29) is 21.9 Å². The molecule has 0 aromatic heterocycles. The number of aliphatic hydroxyl groups is 1. The van der Waals surface area contributed by atoms with Gasteiger partial charge in [0.1, 0.15) is 23.0 Å². The molecule has 1 unspecified atom stereocenters. The molecule has 3 aromatic rings. The number of ketones is 1. The molecule has 1 fully saturated rings. The Bertz CT molecular complexity index is 1300. The van der Waals surface area contributed by atoms with Gasteiger partial charge in [0.2, 0.25) is 0 Å². The number of phenols is 1. The molecule has 1 aliphatic rings. The highest BCUT2D eigenvalue weighted by molar-refractivity contribution is 6.52. The van der Waals surface area contributed by atoms with Crippen molar-refractivity contribution in [1.82, 2.24) is 0 Å². The highest BCUT2D eigenvalue weighted by atomic mass is 35.5. The fourth-order valence-electron chi connectivity index (χ4n) is 3.96. The number of rotatable bonds is 6. The van der Waals surface area contributed by atoms with Crippen LogP contribution in [0.1, 0.15) is 24.1 Å². The SMILES string of the molecule is CCOc1ccc(Cl)c(/C(O)=C2\C(=O)C(=O)N(c3cccc(OC)c3)C2c2cccc(O)c2)c1. The first kappa shape index (κ1) is 23.2. The maximum Gasteiger partial charge on any atom is 0.300 e. The Balaban J connectivity index is 1.96. The van der Waals surface area contributed by atoms with Crippen molar-refractivity contribution in [3.8, 4) is 17.2 Å². The average molecular weight is 480 g/mol. The summed E-state index contributed by atoms with van der Waals surface area (Å²) in [6.45, 7) is 2.21. The lowest BCUT2D eigenvalue weighted by atomic mass is 9.95. The van der Waals surface area contributed by atoms with Crippen LogP contribution in [0.5, 0.6) is 17.2 Å². The van der Waals surface area contributed by atoms with Crippen molar-refractivity contribution in [1.29, 1.82) is 0 Å². The normalized spacial score (nSPS) is 17.1. The number of carbonyl (C=O) groups is 2. The summed E-state index contributed by atoms with van der Waals surface area (Å²) in [6.07, 6.45) is 0. The molecule has 1 saturated heterocycles. The zero-order chi connectivity index (χ0) is 24.4. The number of amides is 1. The highest BCUT2D eigenvalue weighted by Gasteiger charge is 2.47. The minimum absolute atomic E-state index is 0.0508. The van der Waals surface area contributed by atoms with E-state index < -0.39 is 23.5 Å². The minimum atomic E-state index is -1.02. The first-order valence-corrected chi connectivity index (χ1v) is 10.9. The Labute approximate surface area is 201 Å². The lowest BCUT2D eigenvalue weighted by molar-refractivity contribution is -0.132. The lowest BCUT2D eigenvalue weighted by Crippen LogP contribution is -2.29. The van der Waals surface area contributed by atoms with Crippen molar-refractivity contribution in [3.63, 3.8) is 0 Å². The summed E-state index contributed by atoms with van der Waals surface area (Å²) in [7, 11) is 1.49. The molecular weight excluding hydrogens is 458 g/mol. The van der Waals surface area contributed by atoms with Gasteiger partial charge in [0.15, 0.2) is 0 Å². The number of aliphatic hydroxyl groups excluding tert-OH is 1. The van der Waals surface area contributed by atoms with E-state index in [1.54, 1.807) is 48.5 Å². The Morgan fingerprint density at radius 2 is 1.79 bits per heavy atom. The van der Waals surface area contributed by atoms with E-state index in [4.69, 9.17) is 21.1 Å². The fraction of sp³-hybridized carbons (Fsp3) is 0.154. The van der Waals surface area contributed by atoms with E-state index in [2.05, 4.69) is 0 Å². The minimum Gasteiger partial charge on any atom is -0.508 e. The first-order valence-electron chi connectivity index (χ1n) is 10.5. The Morgan fingerprint density at radius 1 is 1.03 bits per heavy atom. The number of phenolic OH excluding ortho intramolecular Hbond substituents is 1. The molecule has 1 atom stereocenters. The molecule has 4 rings (SSSR count). The summed E-state index contributed by atoms with van der Waals surface area (Å²) in [5, 5.41) is 21.6. The summed E-state index contributed by atoms with van der Waals surface area (Å²) >= 11 is 6.35. The summed E-state index contributed by atoms with van der Waals surface area (Å²) in [4.78, 5) is 27.8. The summed E-state index contributed by atoms with van der Waals surface area (Å²) in [6, 6.07) is 16.5. The van der Waals surface area contributed by atoms with Crippen LogP contribution in [0.2, 0.25) is 5.02 Å². The van der Waals surface area contributed by atoms with Gasteiger partial charge in [-0.25, -0.2) is 0 Å². The van der Waals surface area contributed by atoms with E-state index in [0.717, 1.165) is 0 Å². The Kier molecular flexibility index (Phi) is 6.47. The van der Waals surface area contributed by atoms with Crippen LogP contribution in [0.3, 0.4) is 0 Å². The summed E-state index contributed by atoms with van der Waals surface area (Å²) < 4.78 is 10.8. The van der Waals surface area contributed by atoms with Crippen molar-refractivity contribution >= 4 is 34.7 Å². The number of benzene rings is 3. The molecule has 174 valence electrons. The zero-order valence-electron chi connectivity index (χ0n) is 18.5. The van der Waals surface area contributed by atoms with Crippen molar-refractivity contribution in [2.75, 3.05) is 18.6 Å². The van der Waals surface area contributed by atoms with Gasteiger partial charge in [-0.3, -0.25) is 14.5 Å². The third-order valence-corrected chi connectivity index (χ3v) is 5.80. The molecule has 1 heterocycles. The number of aromatic hydroxyl groups is 1. The molecule has 2 N–H and O–H groups in total. The molecule has 1 aliphatic heterocycles. The molecule has 0 aliphatic carbocycles. The fourth-order valence-corrected chi connectivity index (χ4v) is 4.16. The van der Waals surface area contributed by atoms with Crippen molar-refractivity contribution < 1.29 is 29.3 Å². The van der Waals surface area contributed by atoms with Crippen LogP contribution in [0, 0.1) is 0 Å². The monoisotopic (exact) mass is 479 g/mol. The van der Waals surface area contributed by atoms with Crippen molar-refractivity contribution in [2.24, 2.45) is 0 Å². The van der Waals surface area contributed by atoms with Gasteiger partial charge in [0.05, 0.1) is 30.4 Å². The molecule has 1 amide bonds. The van der Waals surface area contributed by atoms with Gasteiger partial charge in [0, 0.05) is 17.3 Å². The van der Waals surface area contributed by atoms with E-state index in [1.165, 1.54) is 30.2 Å². The average Bonchev–Trinajstić information content (AvgIpc) is 3.10. The van der Waals surface area contributed by atoms with E-state index in [1.807, 2.05) is 6.92 Å². The van der Waals surface area contributed by atoms with Gasteiger partial charge in [-0.2, -0.15) is 0 Å². The number of hydrogen-bond donors (Lipinski definition) is 2. The Morgan fingerprint density at radius 3 is 2.50 bits per heavy atom. The largest absolute Gasteiger partial charge is 0.508 e. The lowest BCUT2D eigenvalue weighted by Gasteiger charge is -2.26. The molecule has 0 radical (unpaired) electrons. The second-order valence-corrected chi connectivity index (χ2v) is 7.95. The first-order chi connectivity index (χ1) is 16.3.